The van der Waals surface area contributed by atoms with Gasteiger partial charge in [-0.1, -0.05) is 43.3 Å². The van der Waals surface area contributed by atoms with Gasteiger partial charge >= 0.3 is 5.97 Å². The SMILES string of the molecule is C=C(O[C@H]1CCCC[C@@H]1O)[C@](C)(Cc1ccccc1)C(=O)OCC. The van der Waals surface area contributed by atoms with Crippen LogP contribution in [-0.4, -0.2) is 29.9 Å². The lowest BCUT2D eigenvalue weighted by Crippen LogP contribution is -2.39. The summed E-state index contributed by atoms with van der Waals surface area (Å²) in [4.78, 5) is 12.6. The number of hydrogen-bond acceptors (Lipinski definition) is 4. The third kappa shape index (κ3) is 4.38. The molecule has 24 heavy (non-hydrogen) atoms. The van der Waals surface area contributed by atoms with Gasteiger partial charge in [0.25, 0.3) is 0 Å². The molecule has 1 aliphatic carbocycles. The Balaban J connectivity index is 2.17. The molecule has 0 radical (unpaired) electrons. The molecular formula is C20H28O4. The monoisotopic (exact) mass is 332 g/mol. The molecule has 3 atom stereocenters. The van der Waals surface area contributed by atoms with Crippen molar-refractivity contribution in [2.75, 3.05) is 6.61 Å². The molecule has 1 saturated carbocycles. The van der Waals surface area contributed by atoms with Crippen LogP contribution < -0.4 is 0 Å². The fourth-order valence-electron chi connectivity index (χ4n) is 3.11. The molecule has 132 valence electrons. The van der Waals surface area contributed by atoms with E-state index in [1.54, 1.807) is 13.8 Å². The van der Waals surface area contributed by atoms with Crippen LogP contribution in [0.15, 0.2) is 42.7 Å². The zero-order valence-corrected chi connectivity index (χ0v) is 14.7. The summed E-state index contributed by atoms with van der Waals surface area (Å²) in [6, 6.07) is 9.76. The second-order valence-corrected chi connectivity index (χ2v) is 6.65. The molecule has 1 fully saturated rings. The number of aliphatic hydroxyl groups is 1. The van der Waals surface area contributed by atoms with Gasteiger partial charge in [-0.3, -0.25) is 4.79 Å². The topological polar surface area (TPSA) is 55.8 Å². The van der Waals surface area contributed by atoms with E-state index in [-0.39, 0.29) is 12.1 Å². The third-order valence-electron chi connectivity index (χ3n) is 4.70. The van der Waals surface area contributed by atoms with Crippen molar-refractivity contribution in [2.45, 2.75) is 58.2 Å². The molecule has 2 rings (SSSR count). The minimum Gasteiger partial charge on any atom is -0.491 e. The molecule has 0 unspecified atom stereocenters. The van der Waals surface area contributed by atoms with Crippen LogP contribution >= 0.6 is 0 Å². The van der Waals surface area contributed by atoms with E-state index in [0.717, 1.165) is 31.2 Å². The van der Waals surface area contributed by atoms with Gasteiger partial charge in [0.1, 0.15) is 17.3 Å². The van der Waals surface area contributed by atoms with E-state index in [0.29, 0.717) is 18.8 Å². The zero-order valence-electron chi connectivity index (χ0n) is 14.7. The van der Waals surface area contributed by atoms with Gasteiger partial charge in [-0.25, -0.2) is 0 Å². The quantitative estimate of drug-likeness (QED) is 0.612. The first kappa shape index (κ1) is 18.5. The summed E-state index contributed by atoms with van der Waals surface area (Å²) >= 11 is 0. The zero-order chi connectivity index (χ0) is 17.6. The van der Waals surface area contributed by atoms with Gasteiger partial charge in [-0.15, -0.1) is 0 Å². The highest BCUT2D eigenvalue weighted by Gasteiger charge is 2.41. The van der Waals surface area contributed by atoms with Crippen LogP contribution in [0.3, 0.4) is 0 Å². The van der Waals surface area contributed by atoms with Gasteiger partial charge in [-0.2, -0.15) is 0 Å². The van der Waals surface area contributed by atoms with Crippen LogP contribution in [0.25, 0.3) is 0 Å². The number of rotatable bonds is 7. The molecule has 0 spiro atoms. The average Bonchev–Trinajstić information content (AvgIpc) is 2.58. The molecule has 1 aliphatic rings. The Bertz CT molecular complexity index is 554. The van der Waals surface area contributed by atoms with Gasteiger partial charge < -0.3 is 14.6 Å². The molecule has 0 amide bonds. The molecule has 1 N–H and O–H groups in total. The minimum absolute atomic E-state index is 0.296. The maximum absolute atomic E-state index is 12.6. The van der Waals surface area contributed by atoms with Crippen LogP contribution in [-0.2, 0) is 20.7 Å². The molecule has 0 bridgehead atoms. The van der Waals surface area contributed by atoms with E-state index in [4.69, 9.17) is 9.47 Å². The lowest BCUT2D eigenvalue weighted by molar-refractivity contribution is -0.156. The molecule has 0 heterocycles. The minimum atomic E-state index is -0.978. The fraction of sp³-hybridized carbons (Fsp3) is 0.550. The van der Waals surface area contributed by atoms with E-state index >= 15 is 0 Å². The highest BCUT2D eigenvalue weighted by atomic mass is 16.5. The lowest BCUT2D eigenvalue weighted by atomic mass is 9.81. The van der Waals surface area contributed by atoms with Crippen molar-refractivity contribution in [2.24, 2.45) is 5.41 Å². The molecule has 1 aromatic rings. The Kier molecular flexibility index (Phi) is 6.44. The van der Waals surface area contributed by atoms with E-state index in [2.05, 4.69) is 6.58 Å². The first-order valence-corrected chi connectivity index (χ1v) is 8.72. The lowest BCUT2D eigenvalue weighted by Gasteiger charge is -2.35. The predicted molar refractivity (Wildman–Crippen MR) is 93.4 cm³/mol. The summed E-state index contributed by atoms with van der Waals surface area (Å²) in [5, 5.41) is 10.1. The van der Waals surface area contributed by atoms with Crippen molar-refractivity contribution < 1.29 is 19.4 Å². The highest BCUT2D eigenvalue weighted by molar-refractivity contribution is 5.80. The summed E-state index contributed by atoms with van der Waals surface area (Å²) in [6.07, 6.45) is 3.19. The van der Waals surface area contributed by atoms with Crippen molar-refractivity contribution in [3.8, 4) is 0 Å². The van der Waals surface area contributed by atoms with E-state index in [9.17, 15) is 9.90 Å². The number of hydrogen-bond donors (Lipinski definition) is 1. The largest absolute Gasteiger partial charge is 0.491 e. The second-order valence-electron chi connectivity index (χ2n) is 6.65. The number of esters is 1. The van der Waals surface area contributed by atoms with Crippen molar-refractivity contribution in [1.82, 2.24) is 0 Å². The third-order valence-corrected chi connectivity index (χ3v) is 4.70. The Morgan fingerprint density at radius 3 is 2.58 bits per heavy atom. The summed E-state index contributed by atoms with van der Waals surface area (Å²) < 4.78 is 11.2. The van der Waals surface area contributed by atoms with Crippen LogP contribution in [0.5, 0.6) is 0 Å². The van der Waals surface area contributed by atoms with Gasteiger partial charge in [0, 0.05) is 0 Å². The van der Waals surface area contributed by atoms with E-state index in [1.807, 2.05) is 30.3 Å². The summed E-state index contributed by atoms with van der Waals surface area (Å²) in [6.45, 7) is 7.92. The van der Waals surface area contributed by atoms with Crippen molar-refractivity contribution in [1.29, 1.82) is 0 Å². The standard InChI is InChI=1S/C20H28O4/c1-4-23-19(22)20(3,14-16-10-6-5-7-11-16)15(2)24-18-13-9-8-12-17(18)21/h5-7,10-11,17-18,21H,2,4,8-9,12-14H2,1,3H3/t17-,18-,20-/m0/s1. The summed E-state index contributed by atoms with van der Waals surface area (Å²) in [5.41, 5.74) is 0.0381. The van der Waals surface area contributed by atoms with Crippen LogP contribution in [0, 0.1) is 5.41 Å². The highest BCUT2D eigenvalue weighted by Crippen LogP contribution is 2.35. The van der Waals surface area contributed by atoms with Crippen LogP contribution in [0.2, 0.25) is 0 Å². The Hall–Kier alpha value is -1.81. The number of benzene rings is 1. The maximum atomic E-state index is 12.6. The first-order valence-electron chi connectivity index (χ1n) is 8.72. The van der Waals surface area contributed by atoms with E-state index in [1.165, 1.54) is 0 Å². The van der Waals surface area contributed by atoms with E-state index < -0.39 is 11.5 Å². The molecule has 0 aliphatic heterocycles. The fourth-order valence-corrected chi connectivity index (χ4v) is 3.11. The average molecular weight is 332 g/mol. The molecular weight excluding hydrogens is 304 g/mol. The van der Waals surface area contributed by atoms with Crippen LogP contribution in [0.1, 0.15) is 45.1 Å². The number of aliphatic hydroxyl groups excluding tert-OH is 1. The second kappa shape index (κ2) is 8.34. The van der Waals surface area contributed by atoms with Gasteiger partial charge in [0.05, 0.1) is 12.7 Å². The van der Waals surface area contributed by atoms with Crippen molar-refractivity contribution in [3.05, 3.63) is 48.2 Å². The van der Waals surface area contributed by atoms with Gasteiger partial charge in [-0.05, 0) is 45.1 Å². The summed E-state index contributed by atoms with van der Waals surface area (Å²) in [5.74, 6) is 0.0277. The van der Waals surface area contributed by atoms with Gasteiger partial charge in [0.2, 0.25) is 0 Å². The Labute approximate surface area is 144 Å². The normalized spacial score (nSPS) is 23.1. The Morgan fingerprint density at radius 2 is 1.96 bits per heavy atom. The molecule has 0 aromatic heterocycles. The first-order chi connectivity index (χ1) is 11.5. The Morgan fingerprint density at radius 1 is 1.29 bits per heavy atom. The molecule has 0 saturated heterocycles. The smallest absolute Gasteiger partial charge is 0.319 e. The number of carbonyl (C=O) groups is 1. The molecule has 4 nitrogen and oxygen atoms in total. The van der Waals surface area contributed by atoms with Crippen LogP contribution in [0.4, 0.5) is 0 Å². The van der Waals surface area contributed by atoms with Crippen molar-refractivity contribution >= 4 is 5.97 Å². The van der Waals surface area contributed by atoms with Crippen molar-refractivity contribution in [3.63, 3.8) is 0 Å². The molecule has 4 heteroatoms. The van der Waals surface area contributed by atoms with Gasteiger partial charge in [0.15, 0.2) is 0 Å². The maximum Gasteiger partial charge on any atom is 0.319 e. The number of carbonyl (C=O) groups excluding carboxylic acids is 1. The molecule has 1 aromatic carbocycles. The summed E-state index contributed by atoms with van der Waals surface area (Å²) in [7, 11) is 0. The predicted octanol–water partition coefficient (Wildman–Crippen LogP) is 3.63. The number of ether oxygens (including phenoxy) is 2.